The molecule has 0 atom stereocenters. The van der Waals surface area contributed by atoms with Crippen LogP contribution in [0.5, 0.6) is 0 Å². The highest BCUT2D eigenvalue weighted by atomic mass is 79.9. The van der Waals surface area contributed by atoms with E-state index in [0.717, 1.165) is 10.4 Å². The lowest BCUT2D eigenvalue weighted by Crippen LogP contribution is -2.20. The second-order valence-corrected chi connectivity index (χ2v) is 6.34. The molecule has 0 aliphatic carbocycles. The molecule has 0 aliphatic heterocycles. The zero-order valence-electron chi connectivity index (χ0n) is 10.6. The standard InChI is InChI=1S/C14H10BrFN2OS/c1-8-12(15)18-13(19)11(16)10(17-14(18)20-8)7-9-5-3-2-4-6-9/h2-6H,7H2,1H3. The maximum absolute atomic E-state index is 14.2. The number of hydrogen-bond donors (Lipinski definition) is 0. The average molecular weight is 353 g/mol. The second kappa shape index (κ2) is 5.10. The third-order valence-corrected chi connectivity index (χ3v) is 5.18. The largest absolute Gasteiger partial charge is 0.295 e. The Balaban J connectivity index is 2.18. The first kappa shape index (κ1) is 13.5. The molecule has 0 amide bonds. The average Bonchev–Trinajstić information content (AvgIpc) is 2.72. The number of rotatable bonds is 2. The number of thiazole rings is 1. The summed E-state index contributed by atoms with van der Waals surface area (Å²) >= 11 is 4.66. The summed E-state index contributed by atoms with van der Waals surface area (Å²) in [5, 5.41) is 0. The van der Waals surface area contributed by atoms with Gasteiger partial charge in [0.2, 0.25) is 5.82 Å². The molecule has 0 unspecified atom stereocenters. The maximum atomic E-state index is 14.2. The Morgan fingerprint density at radius 1 is 1.35 bits per heavy atom. The van der Waals surface area contributed by atoms with E-state index in [2.05, 4.69) is 20.9 Å². The summed E-state index contributed by atoms with van der Waals surface area (Å²) < 4.78 is 16.0. The summed E-state index contributed by atoms with van der Waals surface area (Å²) in [7, 11) is 0. The molecular formula is C14H10BrFN2OS. The molecule has 2 heterocycles. The van der Waals surface area contributed by atoms with Crippen LogP contribution >= 0.6 is 27.3 Å². The van der Waals surface area contributed by atoms with Crippen LogP contribution in [-0.4, -0.2) is 9.38 Å². The highest BCUT2D eigenvalue weighted by Crippen LogP contribution is 2.25. The molecule has 0 bridgehead atoms. The summed E-state index contributed by atoms with van der Waals surface area (Å²) in [5.74, 6) is -0.787. The Kier molecular flexibility index (Phi) is 3.43. The van der Waals surface area contributed by atoms with E-state index in [9.17, 15) is 9.18 Å². The Labute approximate surface area is 126 Å². The maximum Gasteiger partial charge on any atom is 0.295 e. The number of hydrogen-bond acceptors (Lipinski definition) is 3. The van der Waals surface area contributed by atoms with Gasteiger partial charge in [0.15, 0.2) is 4.96 Å². The fourth-order valence-electron chi connectivity index (χ4n) is 2.01. The van der Waals surface area contributed by atoms with Crippen LogP contribution in [0.25, 0.3) is 4.96 Å². The second-order valence-electron chi connectivity index (χ2n) is 4.41. The van der Waals surface area contributed by atoms with Gasteiger partial charge in [-0.1, -0.05) is 30.3 Å². The normalized spacial score (nSPS) is 11.2. The Bertz CT molecular complexity index is 842. The SMILES string of the molecule is Cc1sc2nc(Cc3ccccc3)c(F)c(=O)n2c1Br. The molecule has 2 aromatic heterocycles. The fourth-order valence-corrected chi connectivity index (χ4v) is 3.57. The Morgan fingerprint density at radius 2 is 2.05 bits per heavy atom. The minimum Gasteiger partial charge on any atom is -0.265 e. The van der Waals surface area contributed by atoms with Crippen molar-refractivity contribution >= 4 is 32.2 Å². The van der Waals surface area contributed by atoms with Gasteiger partial charge in [0.1, 0.15) is 4.60 Å². The van der Waals surface area contributed by atoms with Crippen LogP contribution in [-0.2, 0) is 6.42 Å². The van der Waals surface area contributed by atoms with Crippen molar-refractivity contribution in [3.8, 4) is 0 Å². The first-order valence-corrected chi connectivity index (χ1v) is 7.59. The van der Waals surface area contributed by atoms with Crippen molar-refractivity contribution in [1.82, 2.24) is 9.38 Å². The van der Waals surface area contributed by atoms with Gasteiger partial charge in [0.05, 0.1) is 5.69 Å². The lowest BCUT2D eigenvalue weighted by atomic mass is 10.1. The van der Waals surface area contributed by atoms with Gasteiger partial charge >= 0.3 is 0 Å². The van der Waals surface area contributed by atoms with Crippen molar-refractivity contribution < 1.29 is 4.39 Å². The highest BCUT2D eigenvalue weighted by Gasteiger charge is 2.17. The molecule has 0 spiro atoms. The quantitative estimate of drug-likeness (QED) is 0.706. The summed E-state index contributed by atoms with van der Waals surface area (Å²) in [4.78, 5) is 17.8. The van der Waals surface area contributed by atoms with Crippen LogP contribution in [0.2, 0.25) is 0 Å². The molecule has 0 saturated carbocycles. The Hall–Kier alpha value is -1.53. The number of halogens is 2. The van der Waals surface area contributed by atoms with E-state index in [1.54, 1.807) is 0 Å². The molecule has 0 saturated heterocycles. The molecule has 3 nitrogen and oxygen atoms in total. The van der Waals surface area contributed by atoms with E-state index < -0.39 is 11.4 Å². The van der Waals surface area contributed by atoms with Gasteiger partial charge < -0.3 is 0 Å². The first-order chi connectivity index (χ1) is 9.58. The number of benzene rings is 1. The summed E-state index contributed by atoms with van der Waals surface area (Å²) in [6.45, 7) is 1.86. The molecule has 102 valence electrons. The lowest BCUT2D eigenvalue weighted by molar-refractivity contribution is 0.580. The van der Waals surface area contributed by atoms with E-state index in [1.807, 2.05) is 37.3 Å². The molecule has 6 heteroatoms. The molecule has 0 radical (unpaired) electrons. The van der Waals surface area contributed by atoms with Gasteiger partial charge in [0.25, 0.3) is 5.56 Å². The minimum absolute atomic E-state index is 0.190. The predicted molar refractivity (Wildman–Crippen MR) is 81.0 cm³/mol. The number of aryl methyl sites for hydroxylation is 1. The molecule has 3 rings (SSSR count). The van der Waals surface area contributed by atoms with E-state index in [-0.39, 0.29) is 5.69 Å². The van der Waals surface area contributed by atoms with Gasteiger partial charge in [-0.25, -0.2) is 9.38 Å². The van der Waals surface area contributed by atoms with Crippen molar-refractivity contribution in [1.29, 1.82) is 0 Å². The van der Waals surface area contributed by atoms with Gasteiger partial charge in [-0.2, -0.15) is 4.39 Å². The predicted octanol–water partition coefficient (Wildman–Crippen LogP) is 3.56. The molecule has 20 heavy (non-hydrogen) atoms. The zero-order valence-corrected chi connectivity index (χ0v) is 13.0. The molecule has 0 fully saturated rings. The van der Waals surface area contributed by atoms with Crippen molar-refractivity contribution in [3.63, 3.8) is 0 Å². The van der Waals surface area contributed by atoms with E-state index >= 15 is 0 Å². The van der Waals surface area contributed by atoms with Crippen LogP contribution in [0.1, 0.15) is 16.1 Å². The van der Waals surface area contributed by atoms with Gasteiger partial charge in [-0.05, 0) is 28.4 Å². The Morgan fingerprint density at radius 3 is 2.75 bits per heavy atom. The highest BCUT2D eigenvalue weighted by molar-refractivity contribution is 9.10. The van der Waals surface area contributed by atoms with Crippen molar-refractivity contribution in [2.45, 2.75) is 13.3 Å². The van der Waals surface area contributed by atoms with Crippen molar-refractivity contribution in [3.05, 3.63) is 67.2 Å². The number of fused-ring (bicyclic) bond motifs is 1. The summed E-state index contributed by atoms with van der Waals surface area (Å²) in [6.07, 6.45) is 0.312. The molecule has 3 aromatic rings. The smallest absolute Gasteiger partial charge is 0.265 e. The summed E-state index contributed by atoms with van der Waals surface area (Å²) in [5.41, 5.74) is 0.460. The third kappa shape index (κ3) is 2.19. The molecule has 1 aromatic carbocycles. The van der Waals surface area contributed by atoms with Crippen LogP contribution in [0.3, 0.4) is 0 Å². The monoisotopic (exact) mass is 352 g/mol. The number of aromatic nitrogens is 2. The fraction of sp³-hybridized carbons (Fsp3) is 0.143. The van der Waals surface area contributed by atoms with Gasteiger partial charge in [-0.3, -0.25) is 4.79 Å². The van der Waals surface area contributed by atoms with Crippen molar-refractivity contribution in [2.24, 2.45) is 0 Å². The van der Waals surface area contributed by atoms with Gasteiger partial charge in [-0.15, -0.1) is 11.3 Å². The van der Waals surface area contributed by atoms with Gasteiger partial charge in [0, 0.05) is 11.3 Å². The summed E-state index contributed by atoms with van der Waals surface area (Å²) in [6, 6.07) is 9.43. The lowest BCUT2D eigenvalue weighted by Gasteiger charge is -2.03. The van der Waals surface area contributed by atoms with Crippen LogP contribution in [0.4, 0.5) is 4.39 Å². The first-order valence-electron chi connectivity index (χ1n) is 5.98. The van der Waals surface area contributed by atoms with Crippen LogP contribution in [0, 0.1) is 12.7 Å². The zero-order chi connectivity index (χ0) is 14.3. The topological polar surface area (TPSA) is 34.4 Å². The third-order valence-electron chi connectivity index (χ3n) is 3.01. The van der Waals surface area contributed by atoms with E-state index in [0.29, 0.717) is 16.0 Å². The minimum atomic E-state index is -0.787. The van der Waals surface area contributed by atoms with E-state index in [1.165, 1.54) is 15.7 Å². The van der Waals surface area contributed by atoms with E-state index in [4.69, 9.17) is 0 Å². The van der Waals surface area contributed by atoms with Crippen LogP contribution in [0.15, 0.2) is 39.7 Å². The van der Waals surface area contributed by atoms with Crippen molar-refractivity contribution in [2.75, 3.05) is 0 Å². The number of nitrogens with zero attached hydrogens (tertiary/aromatic N) is 2. The molecule has 0 N–H and O–H groups in total. The molecule has 0 aliphatic rings. The van der Waals surface area contributed by atoms with Crippen LogP contribution < -0.4 is 5.56 Å². The molecular weight excluding hydrogens is 343 g/mol.